The first-order valence-electron chi connectivity index (χ1n) is 21.3. The van der Waals surface area contributed by atoms with E-state index in [1.54, 1.807) is 0 Å². The first-order valence-corrected chi connectivity index (χ1v) is 21.3. The number of benzene rings is 10. The Hall–Kier alpha value is -8.20. The Morgan fingerprint density at radius 1 is 0.210 bits per heavy atom. The Morgan fingerprint density at radius 2 is 0.548 bits per heavy atom. The van der Waals surface area contributed by atoms with Crippen LogP contribution in [0, 0.1) is 0 Å². The smallest absolute Gasteiger partial charge is 0.0547 e. The van der Waals surface area contributed by atoms with Gasteiger partial charge in [0.2, 0.25) is 0 Å². The molecule has 12 rings (SSSR count). The second-order valence-electron chi connectivity index (χ2n) is 16.1. The maximum atomic E-state index is 2.47. The van der Waals surface area contributed by atoms with Crippen molar-refractivity contribution in [3.05, 3.63) is 243 Å². The number of hydrogen-bond acceptors (Lipinski definition) is 0. The van der Waals surface area contributed by atoms with Crippen LogP contribution in [-0.2, 0) is 0 Å². The maximum Gasteiger partial charge on any atom is 0.0547 e. The van der Waals surface area contributed by atoms with E-state index in [1.807, 2.05) is 0 Å². The van der Waals surface area contributed by atoms with Crippen molar-refractivity contribution in [2.75, 3.05) is 0 Å². The van der Waals surface area contributed by atoms with Gasteiger partial charge < -0.3 is 9.13 Å². The average Bonchev–Trinajstić information content (AvgIpc) is 3.88. The van der Waals surface area contributed by atoms with Crippen LogP contribution in [0.4, 0.5) is 0 Å². The van der Waals surface area contributed by atoms with Crippen molar-refractivity contribution >= 4 is 43.6 Å². The summed E-state index contributed by atoms with van der Waals surface area (Å²) in [6.07, 6.45) is 0. The minimum Gasteiger partial charge on any atom is -0.309 e. The molecule has 0 saturated heterocycles. The van der Waals surface area contributed by atoms with E-state index in [0.717, 1.165) is 11.4 Å². The Balaban J connectivity index is 1.07. The van der Waals surface area contributed by atoms with Crippen LogP contribution >= 0.6 is 0 Å². The van der Waals surface area contributed by atoms with Gasteiger partial charge in [0.05, 0.1) is 22.1 Å². The van der Waals surface area contributed by atoms with E-state index in [2.05, 4.69) is 252 Å². The van der Waals surface area contributed by atoms with E-state index in [-0.39, 0.29) is 0 Å². The average molecular weight is 789 g/mol. The van der Waals surface area contributed by atoms with Gasteiger partial charge in [0.1, 0.15) is 0 Å². The van der Waals surface area contributed by atoms with Crippen LogP contribution in [-0.4, -0.2) is 9.13 Å². The topological polar surface area (TPSA) is 9.86 Å². The molecule has 0 fully saturated rings. The summed E-state index contributed by atoms with van der Waals surface area (Å²) in [5.74, 6) is 0. The highest BCUT2D eigenvalue weighted by Gasteiger charge is 2.21. The van der Waals surface area contributed by atoms with E-state index in [9.17, 15) is 0 Å². The Bertz CT molecular complexity index is 3550. The van der Waals surface area contributed by atoms with Crippen LogP contribution in [0.5, 0.6) is 0 Å². The van der Waals surface area contributed by atoms with Gasteiger partial charge in [0.15, 0.2) is 0 Å². The zero-order valence-electron chi connectivity index (χ0n) is 34.0. The lowest BCUT2D eigenvalue weighted by atomic mass is 9.95. The molecule has 0 N–H and O–H groups in total. The summed E-state index contributed by atoms with van der Waals surface area (Å²) in [5.41, 5.74) is 19.0. The fraction of sp³-hybridized carbons (Fsp3) is 0. The van der Waals surface area contributed by atoms with E-state index >= 15 is 0 Å². The van der Waals surface area contributed by atoms with Gasteiger partial charge in [-0.15, -0.1) is 0 Å². The molecule has 0 amide bonds. The van der Waals surface area contributed by atoms with Gasteiger partial charge in [-0.3, -0.25) is 0 Å². The molecule has 12 aromatic rings. The molecule has 0 aliphatic carbocycles. The van der Waals surface area contributed by atoms with Crippen molar-refractivity contribution < 1.29 is 0 Å². The van der Waals surface area contributed by atoms with Gasteiger partial charge in [-0.2, -0.15) is 0 Å². The second-order valence-corrected chi connectivity index (χ2v) is 16.1. The Labute approximate surface area is 360 Å². The monoisotopic (exact) mass is 788 g/mol. The van der Waals surface area contributed by atoms with Gasteiger partial charge in [0, 0.05) is 32.9 Å². The lowest BCUT2D eigenvalue weighted by Crippen LogP contribution is -1.96. The molecule has 2 heteroatoms. The van der Waals surface area contributed by atoms with Crippen LogP contribution in [0.25, 0.3) is 111 Å². The fourth-order valence-electron chi connectivity index (χ4n) is 9.71. The lowest BCUT2D eigenvalue weighted by molar-refractivity contribution is 1.18. The third-order valence-corrected chi connectivity index (χ3v) is 12.5. The summed E-state index contributed by atoms with van der Waals surface area (Å²) >= 11 is 0. The zero-order chi connectivity index (χ0) is 41.0. The van der Waals surface area contributed by atoms with E-state index in [0.29, 0.717) is 0 Å². The largest absolute Gasteiger partial charge is 0.309 e. The number of fused-ring (bicyclic) bond motifs is 6. The predicted molar refractivity (Wildman–Crippen MR) is 262 cm³/mol. The summed E-state index contributed by atoms with van der Waals surface area (Å²) in [6.45, 7) is 0. The number of hydrogen-bond donors (Lipinski definition) is 0. The quantitative estimate of drug-likeness (QED) is 0.152. The van der Waals surface area contributed by atoms with E-state index in [1.165, 1.54) is 99.2 Å². The molecular formula is C60H40N2. The van der Waals surface area contributed by atoms with E-state index in [4.69, 9.17) is 0 Å². The molecule has 0 bridgehead atoms. The first-order chi connectivity index (χ1) is 30.8. The van der Waals surface area contributed by atoms with Crippen LogP contribution in [0.15, 0.2) is 243 Å². The van der Waals surface area contributed by atoms with Crippen molar-refractivity contribution in [1.82, 2.24) is 9.13 Å². The molecular weight excluding hydrogens is 749 g/mol. The molecule has 0 radical (unpaired) electrons. The minimum atomic E-state index is 1.14. The van der Waals surface area contributed by atoms with Crippen molar-refractivity contribution in [3.63, 3.8) is 0 Å². The molecule has 0 aliphatic rings. The molecule has 290 valence electrons. The Kier molecular flexibility index (Phi) is 8.53. The third-order valence-electron chi connectivity index (χ3n) is 12.5. The van der Waals surface area contributed by atoms with Gasteiger partial charge in [0.25, 0.3) is 0 Å². The molecule has 2 aromatic heterocycles. The molecule has 62 heavy (non-hydrogen) atoms. The predicted octanol–water partition coefficient (Wildman–Crippen LogP) is 16.2. The lowest BCUT2D eigenvalue weighted by Gasteiger charge is -2.14. The van der Waals surface area contributed by atoms with Crippen LogP contribution in [0.2, 0.25) is 0 Å². The van der Waals surface area contributed by atoms with Gasteiger partial charge in [-0.25, -0.2) is 0 Å². The minimum absolute atomic E-state index is 1.14. The Morgan fingerprint density at radius 3 is 1.08 bits per heavy atom. The highest BCUT2D eigenvalue weighted by molar-refractivity contribution is 6.22. The number of aromatic nitrogens is 2. The van der Waals surface area contributed by atoms with Gasteiger partial charge in [-0.05, 0) is 116 Å². The first kappa shape index (κ1) is 35.7. The summed E-state index contributed by atoms with van der Waals surface area (Å²) in [5, 5.41) is 4.97. The van der Waals surface area contributed by atoms with Crippen molar-refractivity contribution in [2.45, 2.75) is 0 Å². The maximum absolute atomic E-state index is 2.47. The molecule has 10 aromatic carbocycles. The number of para-hydroxylation sites is 2. The molecule has 0 saturated carbocycles. The summed E-state index contributed by atoms with van der Waals surface area (Å²) < 4.78 is 4.91. The van der Waals surface area contributed by atoms with Crippen molar-refractivity contribution in [3.8, 4) is 67.0 Å². The van der Waals surface area contributed by atoms with Gasteiger partial charge in [-0.1, -0.05) is 182 Å². The standard InChI is InChI=1S/C60H40N2/c1-4-18-41(19-5-1)44-24-14-25-45(36-44)46-26-15-27-49(38-46)61-55-32-12-10-28-53(55)59-51(30-16-34-57(59)61)52-31-17-35-58-60(52)54-29-11-13-33-56(54)62(58)50-39-47(42-20-6-2-7-21-42)37-48(40-50)43-22-8-3-9-23-43/h1-40H. The summed E-state index contributed by atoms with van der Waals surface area (Å²) in [4.78, 5) is 0. The molecule has 2 heterocycles. The molecule has 2 nitrogen and oxygen atoms in total. The molecule has 0 unspecified atom stereocenters. The van der Waals surface area contributed by atoms with Crippen LogP contribution in [0.3, 0.4) is 0 Å². The number of nitrogens with zero attached hydrogens (tertiary/aromatic N) is 2. The molecule has 0 atom stereocenters. The van der Waals surface area contributed by atoms with Gasteiger partial charge >= 0.3 is 0 Å². The fourth-order valence-corrected chi connectivity index (χ4v) is 9.71. The van der Waals surface area contributed by atoms with Crippen molar-refractivity contribution in [2.24, 2.45) is 0 Å². The molecule has 0 aliphatic heterocycles. The van der Waals surface area contributed by atoms with Crippen molar-refractivity contribution in [1.29, 1.82) is 0 Å². The highest BCUT2D eigenvalue weighted by Crippen LogP contribution is 2.45. The second kappa shape index (κ2) is 14.8. The zero-order valence-corrected chi connectivity index (χ0v) is 34.0. The third kappa shape index (κ3) is 5.96. The summed E-state index contributed by atoms with van der Waals surface area (Å²) in [7, 11) is 0. The summed E-state index contributed by atoms with van der Waals surface area (Å²) in [6, 6.07) is 88.4. The highest BCUT2D eigenvalue weighted by atomic mass is 15.0. The number of rotatable bonds is 7. The molecule has 0 spiro atoms. The van der Waals surface area contributed by atoms with Crippen LogP contribution < -0.4 is 0 Å². The SMILES string of the molecule is c1ccc(-c2cccc(-c3cccc(-n4c5ccccc5c5c(-c6cccc7c6c6ccccc6n7-c6cc(-c7ccccc7)cc(-c7ccccc7)c6)cccc54)c3)c2)cc1. The van der Waals surface area contributed by atoms with Crippen LogP contribution in [0.1, 0.15) is 0 Å². The normalized spacial score (nSPS) is 11.5. The van der Waals surface area contributed by atoms with E-state index < -0.39 is 0 Å².